The Hall–Kier alpha value is -0.0400. The third-order valence-corrected chi connectivity index (χ3v) is 6.23. The average Bonchev–Trinajstić information content (AvgIpc) is 2.93. The van der Waals surface area contributed by atoms with Gasteiger partial charge in [0.2, 0.25) is 0 Å². The minimum absolute atomic E-state index is 0. The first-order chi connectivity index (χ1) is 10.6. The number of nitrogens with zero attached hydrogens (tertiary/aromatic N) is 3. The van der Waals surface area contributed by atoms with Crippen LogP contribution in [0.5, 0.6) is 0 Å². The standard InChI is InChI=1S/C18H34N4.HI/c1-15-6-4-10-21(13-15)16(2)12-20-17(19-3)22-11-9-18(14-22)7-5-8-18;/h15-16H,4-14H2,1-3H3,(H,19,20);1H. The molecule has 2 heterocycles. The molecule has 0 amide bonds. The summed E-state index contributed by atoms with van der Waals surface area (Å²) in [6.45, 7) is 10.7. The highest BCUT2D eigenvalue weighted by Gasteiger charge is 2.43. The minimum Gasteiger partial charge on any atom is -0.355 e. The minimum atomic E-state index is 0. The van der Waals surface area contributed by atoms with Crippen molar-refractivity contribution in [2.45, 2.75) is 58.4 Å². The molecule has 0 aromatic carbocycles. The summed E-state index contributed by atoms with van der Waals surface area (Å²) < 4.78 is 0. The van der Waals surface area contributed by atoms with Gasteiger partial charge in [0.15, 0.2) is 5.96 Å². The van der Waals surface area contributed by atoms with Crippen LogP contribution in [0.3, 0.4) is 0 Å². The van der Waals surface area contributed by atoms with Crippen LogP contribution in [0.15, 0.2) is 4.99 Å². The molecule has 0 aromatic heterocycles. The molecule has 1 N–H and O–H groups in total. The van der Waals surface area contributed by atoms with Gasteiger partial charge in [0.05, 0.1) is 0 Å². The van der Waals surface area contributed by atoms with Crippen molar-refractivity contribution in [1.29, 1.82) is 0 Å². The van der Waals surface area contributed by atoms with Crippen LogP contribution < -0.4 is 5.32 Å². The van der Waals surface area contributed by atoms with E-state index in [2.05, 4.69) is 34.0 Å². The average molecular weight is 434 g/mol. The Morgan fingerprint density at radius 2 is 2.04 bits per heavy atom. The van der Waals surface area contributed by atoms with Crippen molar-refractivity contribution in [3.8, 4) is 0 Å². The molecule has 1 saturated carbocycles. The van der Waals surface area contributed by atoms with E-state index in [9.17, 15) is 0 Å². The molecule has 23 heavy (non-hydrogen) atoms. The lowest BCUT2D eigenvalue weighted by molar-refractivity contribution is 0.138. The Kier molecular flexibility index (Phi) is 7.01. The number of nitrogens with one attached hydrogen (secondary N) is 1. The number of piperidine rings is 1. The first-order valence-corrected chi connectivity index (χ1v) is 9.31. The molecule has 0 bridgehead atoms. The van der Waals surface area contributed by atoms with Gasteiger partial charge in [-0.2, -0.15) is 0 Å². The van der Waals surface area contributed by atoms with Gasteiger partial charge in [0.1, 0.15) is 0 Å². The monoisotopic (exact) mass is 434 g/mol. The van der Waals surface area contributed by atoms with Crippen molar-refractivity contribution >= 4 is 29.9 Å². The zero-order valence-electron chi connectivity index (χ0n) is 15.2. The second-order valence-electron chi connectivity index (χ2n) is 8.04. The van der Waals surface area contributed by atoms with E-state index in [0.717, 1.165) is 18.4 Å². The number of likely N-dealkylation sites (tertiary alicyclic amines) is 2. The van der Waals surface area contributed by atoms with Crippen molar-refractivity contribution in [2.24, 2.45) is 16.3 Å². The highest BCUT2D eigenvalue weighted by atomic mass is 127. The molecule has 1 spiro atoms. The quantitative estimate of drug-likeness (QED) is 0.421. The molecular weight excluding hydrogens is 399 g/mol. The van der Waals surface area contributed by atoms with E-state index >= 15 is 0 Å². The zero-order chi connectivity index (χ0) is 15.6. The van der Waals surface area contributed by atoms with E-state index in [1.54, 1.807) is 0 Å². The van der Waals surface area contributed by atoms with Gasteiger partial charge < -0.3 is 10.2 Å². The highest BCUT2D eigenvalue weighted by molar-refractivity contribution is 14.0. The molecule has 134 valence electrons. The summed E-state index contributed by atoms with van der Waals surface area (Å²) in [5.74, 6) is 1.98. The molecule has 0 radical (unpaired) electrons. The Labute approximate surface area is 159 Å². The van der Waals surface area contributed by atoms with Crippen LogP contribution in [0.4, 0.5) is 0 Å². The van der Waals surface area contributed by atoms with Crippen LogP contribution in [0.2, 0.25) is 0 Å². The maximum absolute atomic E-state index is 4.54. The smallest absolute Gasteiger partial charge is 0.193 e. The molecule has 2 aliphatic heterocycles. The van der Waals surface area contributed by atoms with E-state index in [0.29, 0.717) is 11.5 Å². The summed E-state index contributed by atoms with van der Waals surface area (Å²) in [5.41, 5.74) is 0.644. The molecule has 4 nitrogen and oxygen atoms in total. The second kappa shape index (κ2) is 8.37. The highest BCUT2D eigenvalue weighted by Crippen LogP contribution is 2.47. The van der Waals surface area contributed by atoms with E-state index in [1.165, 1.54) is 64.7 Å². The second-order valence-corrected chi connectivity index (χ2v) is 8.04. The van der Waals surface area contributed by atoms with E-state index in [4.69, 9.17) is 0 Å². The molecule has 3 rings (SSSR count). The molecule has 1 aliphatic carbocycles. The zero-order valence-corrected chi connectivity index (χ0v) is 17.5. The Balaban J connectivity index is 0.00000192. The Morgan fingerprint density at radius 1 is 1.26 bits per heavy atom. The maximum atomic E-state index is 4.54. The van der Waals surface area contributed by atoms with Crippen LogP contribution in [0.1, 0.15) is 52.4 Å². The van der Waals surface area contributed by atoms with Gasteiger partial charge in [-0.15, -0.1) is 24.0 Å². The van der Waals surface area contributed by atoms with Crippen LogP contribution in [-0.2, 0) is 0 Å². The summed E-state index contributed by atoms with van der Waals surface area (Å²) in [6.07, 6.45) is 8.42. The normalized spacial score (nSPS) is 29.1. The van der Waals surface area contributed by atoms with Gasteiger partial charge in [-0.1, -0.05) is 13.3 Å². The molecule has 0 aromatic rings. The molecular formula is C18H35IN4. The van der Waals surface area contributed by atoms with Crippen molar-refractivity contribution < 1.29 is 0 Å². The Morgan fingerprint density at radius 3 is 2.61 bits per heavy atom. The summed E-state index contributed by atoms with van der Waals surface area (Å²) in [5, 5.41) is 3.64. The van der Waals surface area contributed by atoms with Crippen molar-refractivity contribution in [1.82, 2.24) is 15.1 Å². The molecule has 3 fully saturated rings. The number of halogens is 1. The first kappa shape index (κ1) is 19.3. The molecule has 2 unspecified atom stereocenters. The number of hydrogen-bond donors (Lipinski definition) is 1. The molecule has 3 aliphatic rings. The first-order valence-electron chi connectivity index (χ1n) is 9.31. The van der Waals surface area contributed by atoms with Gasteiger partial charge in [0.25, 0.3) is 0 Å². The lowest BCUT2D eigenvalue weighted by Gasteiger charge is -2.38. The predicted octanol–water partition coefficient (Wildman–Crippen LogP) is 3.18. The third-order valence-electron chi connectivity index (χ3n) is 6.23. The largest absolute Gasteiger partial charge is 0.355 e. The number of rotatable bonds is 3. The van der Waals surface area contributed by atoms with Crippen LogP contribution in [0, 0.1) is 11.3 Å². The van der Waals surface area contributed by atoms with Crippen molar-refractivity contribution in [3.63, 3.8) is 0 Å². The fourth-order valence-electron chi connectivity index (χ4n) is 4.53. The molecule has 5 heteroatoms. The fraction of sp³-hybridized carbons (Fsp3) is 0.944. The fourth-order valence-corrected chi connectivity index (χ4v) is 4.53. The number of hydrogen-bond acceptors (Lipinski definition) is 2. The van der Waals surface area contributed by atoms with Gasteiger partial charge >= 0.3 is 0 Å². The van der Waals surface area contributed by atoms with E-state index in [1.807, 2.05) is 7.05 Å². The number of guanidine groups is 1. The number of aliphatic imine (C=N–C) groups is 1. The van der Waals surface area contributed by atoms with Gasteiger partial charge in [-0.3, -0.25) is 9.89 Å². The lowest BCUT2D eigenvalue weighted by Crippen LogP contribution is -2.49. The van der Waals surface area contributed by atoms with Gasteiger partial charge in [-0.05, 0) is 56.9 Å². The van der Waals surface area contributed by atoms with Crippen molar-refractivity contribution in [3.05, 3.63) is 0 Å². The van der Waals surface area contributed by atoms with Crippen LogP contribution >= 0.6 is 24.0 Å². The third kappa shape index (κ3) is 4.53. The van der Waals surface area contributed by atoms with Crippen LogP contribution in [0.25, 0.3) is 0 Å². The lowest BCUT2D eigenvalue weighted by atomic mass is 9.68. The molecule has 2 atom stereocenters. The SMILES string of the molecule is CN=C(NCC(C)N1CCCC(C)C1)N1CCC2(CCC2)C1.I. The van der Waals surface area contributed by atoms with Crippen LogP contribution in [-0.4, -0.2) is 61.6 Å². The maximum Gasteiger partial charge on any atom is 0.193 e. The topological polar surface area (TPSA) is 30.9 Å². The van der Waals surface area contributed by atoms with Gasteiger partial charge in [-0.25, -0.2) is 0 Å². The predicted molar refractivity (Wildman–Crippen MR) is 109 cm³/mol. The Bertz CT molecular complexity index is 408. The summed E-state index contributed by atoms with van der Waals surface area (Å²) in [6, 6.07) is 0.597. The molecule has 2 saturated heterocycles. The van der Waals surface area contributed by atoms with Crippen molar-refractivity contribution in [2.75, 3.05) is 39.8 Å². The summed E-state index contributed by atoms with van der Waals surface area (Å²) >= 11 is 0. The van der Waals surface area contributed by atoms with E-state index in [-0.39, 0.29) is 24.0 Å². The summed E-state index contributed by atoms with van der Waals surface area (Å²) in [7, 11) is 1.93. The van der Waals surface area contributed by atoms with Gasteiger partial charge in [0, 0.05) is 39.3 Å². The summed E-state index contributed by atoms with van der Waals surface area (Å²) in [4.78, 5) is 9.67. The van der Waals surface area contributed by atoms with E-state index < -0.39 is 0 Å².